The van der Waals surface area contributed by atoms with Crippen LogP contribution in [0.15, 0.2) is 53.4 Å². The Morgan fingerprint density at radius 1 is 1.03 bits per heavy atom. The van der Waals surface area contributed by atoms with Crippen molar-refractivity contribution in [3.63, 3.8) is 0 Å². The number of ether oxygens (including phenoxy) is 2. The zero-order chi connectivity index (χ0) is 21.1. The van der Waals surface area contributed by atoms with Gasteiger partial charge in [-0.25, -0.2) is 8.42 Å². The predicted octanol–water partition coefficient (Wildman–Crippen LogP) is 3.02. The maximum atomic E-state index is 13.0. The van der Waals surface area contributed by atoms with Gasteiger partial charge in [0.1, 0.15) is 0 Å². The molecule has 2 heterocycles. The van der Waals surface area contributed by atoms with Crippen LogP contribution in [0.25, 0.3) is 0 Å². The molecule has 7 nitrogen and oxygen atoms in total. The molecule has 0 aliphatic carbocycles. The summed E-state index contributed by atoms with van der Waals surface area (Å²) in [5, 5.41) is 0. The molecule has 0 aromatic heterocycles. The average Bonchev–Trinajstić information content (AvgIpc) is 3.28. The Morgan fingerprint density at radius 3 is 2.43 bits per heavy atom. The van der Waals surface area contributed by atoms with E-state index in [0.717, 1.165) is 18.4 Å². The van der Waals surface area contributed by atoms with Crippen molar-refractivity contribution in [2.75, 3.05) is 31.0 Å². The summed E-state index contributed by atoms with van der Waals surface area (Å²) in [6, 6.07) is 13.3. The number of anilines is 1. The number of piperidine rings is 1. The van der Waals surface area contributed by atoms with E-state index in [0.29, 0.717) is 43.5 Å². The van der Waals surface area contributed by atoms with Gasteiger partial charge in [-0.2, -0.15) is 0 Å². The largest absolute Gasteiger partial charge is 0.350 e. The molecule has 160 valence electrons. The Kier molecular flexibility index (Phi) is 6.08. The number of nitrogens with zero attached hydrogens (tertiary/aromatic N) is 1. The van der Waals surface area contributed by atoms with Crippen molar-refractivity contribution in [1.29, 1.82) is 0 Å². The van der Waals surface area contributed by atoms with E-state index < -0.39 is 10.0 Å². The highest BCUT2D eigenvalue weighted by Gasteiger charge is 2.32. The molecule has 30 heavy (non-hydrogen) atoms. The van der Waals surface area contributed by atoms with Crippen LogP contribution in [0.2, 0.25) is 0 Å². The van der Waals surface area contributed by atoms with Gasteiger partial charge >= 0.3 is 0 Å². The highest BCUT2D eigenvalue weighted by atomic mass is 32.2. The minimum Gasteiger partial charge on any atom is -0.350 e. The number of benzene rings is 2. The molecule has 2 aromatic carbocycles. The number of carbonyl (C=O) groups is 1. The zero-order valence-electron chi connectivity index (χ0n) is 16.9. The summed E-state index contributed by atoms with van der Waals surface area (Å²) < 4.78 is 39.3. The van der Waals surface area contributed by atoms with Crippen molar-refractivity contribution < 1.29 is 22.7 Å². The number of amides is 1. The first kappa shape index (κ1) is 20.8. The van der Waals surface area contributed by atoms with Crippen LogP contribution in [0, 0.1) is 12.8 Å². The van der Waals surface area contributed by atoms with Crippen molar-refractivity contribution in [3.8, 4) is 0 Å². The van der Waals surface area contributed by atoms with E-state index in [1.54, 1.807) is 35.2 Å². The molecule has 1 N–H and O–H groups in total. The summed E-state index contributed by atoms with van der Waals surface area (Å²) in [6.07, 6.45) is 1.45. The van der Waals surface area contributed by atoms with Crippen LogP contribution in [0.4, 0.5) is 5.69 Å². The Balaban J connectivity index is 1.44. The lowest BCUT2D eigenvalue weighted by Gasteiger charge is -2.34. The molecule has 2 saturated heterocycles. The first-order chi connectivity index (χ1) is 14.4. The fourth-order valence-corrected chi connectivity index (χ4v) is 5.02. The fraction of sp³-hybridized carbons (Fsp3) is 0.409. The molecule has 0 spiro atoms. The van der Waals surface area contributed by atoms with Crippen molar-refractivity contribution >= 4 is 21.6 Å². The molecule has 8 heteroatoms. The van der Waals surface area contributed by atoms with Gasteiger partial charge < -0.3 is 14.4 Å². The Labute approximate surface area is 177 Å². The smallest absolute Gasteiger partial charge is 0.261 e. The van der Waals surface area contributed by atoms with Crippen molar-refractivity contribution in [2.24, 2.45) is 5.92 Å². The molecule has 0 atom stereocenters. The first-order valence-electron chi connectivity index (χ1n) is 10.1. The van der Waals surface area contributed by atoms with Crippen molar-refractivity contribution in [2.45, 2.75) is 31.0 Å². The number of aryl methyl sites for hydroxylation is 1. The topological polar surface area (TPSA) is 84.9 Å². The van der Waals surface area contributed by atoms with Crippen LogP contribution >= 0.6 is 0 Å². The Hall–Kier alpha value is -2.42. The summed E-state index contributed by atoms with van der Waals surface area (Å²) in [7, 11) is -3.79. The van der Waals surface area contributed by atoms with E-state index in [9.17, 15) is 13.2 Å². The second-order valence-corrected chi connectivity index (χ2v) is 9.42. The van der Waals surface area contributed by atoms with E-state index in [1.807, 2.05) is 13.0 Å². The summed E-state index contributed by atoms with van der Waals surface area (Å²) in [5.41, 5.74) is 1.81. The van der Waals surface area contributed by atoms with Gasteiger partial charge in [0, 0.05) is 30.3 Å². The highest BCUT2D eigenvalue weighted by Crippen LogP contribution is 2.27. The van der Waals surface area contributed by atoms with Gasteiger partial charge in [-0.15, -0.1) is 0 Å². The lowest BCUT2D eigenvalue weighted by Crippen LogP contribution is -2.41. The summed E-state index contributed by atoms with van der Waals surface area (Å²) in [5.74, 6) is 0.135. The second kappa shape index (κ2) is 8.75. The number of hydrogen-bond donors (Lipinski definition) is 1. The molecule has 2 aliphatic heterocycles. The van der Waals surface area contributed by atoms with E-state index >= 15 is 0 Å². The highest BCUT2D eigenvalue weighted by molar-refractivity contribution is 7.92. The van der Waals surface area contributed by atoms with E-state index in [1.165, 1.54) is 12.1 Å². The quantitative estimate of drug-likeness (QED) is 0.788. The SMILES string of the molecule is Cc1cccc(NS(=O)(=O)c2cccc(C(=O)N3CCC(C4OCCO4)CC3)c2)c1. The van der Waals surface area contributed by atoms with E-state index in [2.05, 4.69) is 4.72 Å². The Morgan fingerprint density at radius 2 is 1.73 bits per heavy atom. The van der Waals surface area contributed by atoms with Gasteiger partial charge in [0.05, 0.1) is 18.1 Å². The maximum absolute atomic E-state index is 13.0. The van der Waals surface area contributed by atoms with Crippen LogP contribution < -0.4 is 4.72 Å². The first-order valence-corrected chi connectivity index (χ1v) is 11.6. The maximum Gasteiger partial charge on any atom is 0.261 e. The van der Waals surface area contributed by atoms with E-state index in [-0.39, 0.29) is 17.1 Å². The van der Waals surface area contributed by atoms with Crippen LogP contribution in [0.3, 0.4) is 0 Å². The summed E-state index contributed by atoms with van der Waals surface area (Å²) in [6.45, 7) is 4.35. The minimum absolute atomic E-state index is 0.0671. The monoisotopic (exact) mass is 430 g/mol. The van der Waals surface area contributed by atoms with Gasteiger partial charge in [0.25, 0.3) is 15.9 Å². The summed E-state index contributed by atoms with van der Waals surface area (Å²) in [4.78, 5) is 14.8. The number of rotatable bonds is 5. The molecule has 2 fully saturated rings. The van der Waals surface area contributed by atoms with Crippen molar-refractivity contribution in [1.82, 2.24) is 4.90 Å². The molecule has 2 aromatic rings. The Bertz CT molecular complexity index is 1010. The van der Waals surface area contributed by atoms with Crippen LogP contribution in [0.1, 0.15) is 28.8 Å². The zero-order valence-corrected chi connectivity index (χ0v) is 17.7. The van der Waals surface area contributed by atoms with Crippen LogP contribution in [-0.2, 0) is 19.5 Å². The number of likely N-dealkylation sites (tertiary alicyclic amines) is 1. The molecular weight excluding hydrogens is 404 g/mol. The average molecular weight is 431 g/mol. The molecule has 0 unspecified atom stereocenters. The molecule has 4 rings (SSSR count). The molecule has 0 bridgehead atoms. The van der Waals surface area contributed by atoms with Gasteiger partial charge in [0.2, 0.25) is 0 Å². The van der Waals surface area contributed by atoms with Gasteiger partial charge in [-0.1, -0.05) is 18.2 Å². The molecule has 2 aliphatic rings. The number of nitrogens with one attached hydrogen (secondary N) is 1. The number of carbonyl (C=O) groups excluding carboxylic acids is 1. The summed E-state index contributed by atoms with van der Waals surface area (Å²) >= 11 is 0. The fourth-order valence-electron chi connectivity index (χ4n) is 3.93. The molecule has 1 amide bonds. The predicted molar refractivity (Wildman–Crippen MR) is 113 cm³/mol. The standard InChI is InChI=1S/C22H26N2O5S/c1-16-4-2-6-19(14-16)23-30(26,27)20-7-3-5-18(15-20)21(25)24-10-8-17(9-11-24)22-28-12-13-29-22/h2-7,14-15,17,22-23H,8-13H2,1H3. The van der Waals surface area contributed by atoms with E-state index in [4.69, 9.17) is 9.47 Å². The van der Waals surface area contributed by atoms with Gasteiger partial charge in [0.15, 0.2) is 6.29 Å². The number of hydrogen-bond acceptors (Lipinski definition) is 5. The third-order valence-electron chi connectivity index (χ3n) is 5.52. The van der Waals surface area contributed by atoms with Gasteiger partial charge in [-0.05, 0) is 55.7 Å². The number of sulfonamides is 1. The lowest BCUT2D eigenvalue weighted by molar-refractivity contribution is -0.0956. The third-order valence-corrected chi connectivity index (χ3v) is 6.90. The van der Waals surface area contributed by atoms with Crippen molar-refractivity contribution in [3.05, 3.63) is 59.7 Å². The molecule has 0 radical (unpaired) electrons. The lowest BCUT2D eigenvalue weighted by atomic mass is 9.95. The second-order valence-electron chi connectivity index (χ2n) is 7.74. The van der Waals surface area contributed by atoms with Crippen LogP contribution in [-0.4, -0.2) is 51.8 Å². The third kappa shape index (κ3) is 4.66. The molecule has 0 saturated carbocycles. The normalized spacial score (nSPS) is 18.5. The minimum atomic E-state index is -3.79. The van der Waals surface area contributed by atoms with Gasteiger partial charge in [-0.3, -0.25) is 9.52 Å². The van der Waals surface area contributed by atoms with Crippen LogP contribution in [0.5, 0.6) is 0 Å². The molecular formula is C22H26N2O5S.